The van der Waals surface area contributed by atoms with Gasteiger partial charge in [0, 0.05) is 11.3 Å². The van der Waals surface area contributed by atoms with Gasteiger partial charge in [0.25, 0.3) is 5.91 Å². The lowest BCUT2D eigenvalue weighted by Crippen LogP contribution is -2.25. The Morgan fingerprint density at radius 2 is 1.50 bits per heavy atom. The number of amides is 1. The molecular formula is C24H21N3O. The van der Waals surface area contributed by atoms with E-state index in [-0.39, 0.29) is 12.5 Å². The van der Waals surface area contributed by atoms with Crippen LogP contribution in [0.4, 0.5) is 5.69 Å². The Morgan fingerprint density at radius 3 is 2.14 bits per heavy atom. The first-order valence-electron chi connectivity index (χ1n) is 9.24. The molecule has 4 rings (SSSR count). The molecule has 4 heteroatoms. The molecule has 138 valence electrons. The van der Waals surface area contributed by atoms with Crippen LogP contribution in [0.3, 0.4) is 0 Å². The van der Waals surface area contributed by atoms with Gasteiger partial charge in [0.15, 0.2) is 0 Å². The number of hydrazone groups is 1. The van der Waals surface area contributed by atoms with Crippen LogP contribution in [0.25, 0.3) is 21.5 Å². The first kappa shape index (κ1) is 17.7. The molecule has 0 atom stereocenters. The SMILES string of the molecule is Cc1ccc(NCC(=O)N/N=C\c2c3ccccc3cc3ccccc23)cc1. The van der Waals surface area contributed by atoms with Gasteiger partial charge in [-0.3, -0.25) is 4.79 Å². The maximum atomic E-state index is 12.1. The third-order valence-corrected chi connectivity index (χ3v) is 4.70. The number of hydrogen-bond acceptors (Lipinski definition) is 3. The van der Waals surface area contributed by atoms with E-state index >= 15 is 0 Å². The van der Waals surface area contributed by atoms with Crippen molar-refractivity contribution in [2.24, 2.45) is 5.10 Å². The number of carbonyl (C=O) groups excluding carboxylic acids is 1. The number of carbonyl (C=O) groups is 1. The summed E-state index contributed by atoms with van der Waals surface area (Å²) >= 11 is 0. The number of rotatable bonds is 5. The van der Waals surface area contributed by atoms with E-state index in [0.29, 0.717) is 0 Å². The molecular weight excluding hydrogens is 346 g/mol. The van der Waals surface area contributed by atoms with Crippen LogP contribution in [0.1, 0.15) is 11.1 Å². The topological polar surface area (TPSA) is 53.5 Å². The van der Waals surface area contributed by atoms with Gasteiger partial charge in [0.1, 0.15) is 0 Å². The van der Waals surface area contributed by atoms with Gasteiger partial charge in [-0.1, -0.05) is 66.2 Å². The van der Waals surface area contributed by atoms with Crippen molar-refractivity contribution in [3.63, 3.8) is 0 Å². The van der Waals surface area contributed by atoms with Gasteiger partial charge in [-0.2, -0.15) is 5.10 Å². The molecule has 2 N–H and O–H groups in total. The summed E-state index contributed by atoms with van der Waals surface area (Å²) in [5, 5.41) is 11.8. The minimum Gasteiger partial charge on any atom is -0.376 e. The molecule has 4 aromatic carbocycles. The molecule has 0 heterocycles. The summed E-state index contributed by atoms with van der Waals surface area (Å²) in [6, 6.07) is 26.5. The first-order chi connectivity index (χ1) is 13.7. The second-order valence-electron chi connectivity index (χ2n) is 6.75. The van der Waals surface area contributed by atoms with Crippen molar-refractivity contribution in [1.29, 1.82) is 0 Å². The zero-order valence-corrected chi connectivity index (χ0v) is 15.6. The van der Waals surface area contributed by atoms with Crippen LogP contribution in [-0.2, 0) is 4.79 Å². The van der Waals surface area contributed by atoms with Gasteiger partial charge in [0.2, 0.25) is 0 Å². The van der Waals surface area contributed by atoms with Gasteiger partial charge in [0.05, 0.1) is 12.8 Å². The fourth-order valence-electron chi connectivity index (χ4n) is 3.25. The number of fused-ring (bicyclic) bond motifs is 2. The number of benzene rings is 4. The number of aryl methyl sites for hydroxylation is 1. The fraction of sp³-hybridized carbons (Fsp3) is 0.0833. The lowest BCUT2D eigenvalue weighted by molar-refractivity contribution is -0.119. The summed E-state index contributed by atoms with van der Waals surface area (Å²) in [6.07, 6.45) is 1.73. The summed E-state index contributed by atoms with van der Waals surface area (Å²) in [4.78, 5) is 12.1. The molecule has 0 spiro atoms. The molecule has 0 saturated carbocycles. The van der Waals surface area contributed by atoms with E-state index in [1.54, 1.807) is 6.21 Å². The minimum absolute atomic E-state index is 0.163. The van der Waals surface area contributed by atoms with Crippen molar-refractivity contribution < 1.29 is 4.79 Å². The summed E-state index contributed by atoms with van der Waals surface area (Å²) in [5.41, 5.74) is 5.70. The summed E-state index contributed by atoms with van der Waals surface area (Å²) in [5.74, 6) is -0.193. The van der Waals surface area contributed by atoms with Crippen LogP contribution in [0, 0.1) is 6.92 Å². The molecule has 28 heavy (non-hydrogen) atoms. The molecule has 0 radical (unpaired) electrons. The van der Waals surface area contributed by atoms with E-state index in [1.165, 1.54) is 5.56 Å². The predicted octanol–water partition coefficient (Wildman–Crippen LogP) is 4.86. The first-order valence-corrected chi connectivity index (χ1v) is 9.24. The van der Waals surface area contributed by atoms with Gasteiger partial charge >= 0.3 is 0 Å². The van der Waals surface area contributed by atoms with Crippen molar-refractivity contribution in [3.8, 4) is 0 Å². The van der Waals surface area contributed by atoms with Crippen LogP contribution < -0.4 is 10.7 Å². The Labute approximate surface area is 163 Å². The quantitative estimate of drug-likeness (QED) is 0.301. The highest BCUT2D eigenvalue weighted by molar-refractivity contribution is 6.13. The Balaban J connectivity index is 1.51. The molecule has 0 aliphatic carbocycles. The van der Waals surface area contributed by atoms with E-state index in [1.807, 2.05) is 55.5 Å². The molecule has 0 aliphatic heterocycles. The minimum atomic E-state index is -0.193. The maximum absolute atomic E-state index is 12.1. The van der Waals surface area contributed by atoms with E-state index in [0.717, 1.165) is 32.8 Å². The molecule has 0 saturated heterocycles. The van der Waals surface area contributed by atoms with Crippen LogP contribution in [0.15, 0.2) is 84.0 Å². The third-order valence-electron chi connectivity index (χ3n) is 4.70. The van der Waals surface area contributed by atoms with E-state index in [4.69, 9.17) is 0 Å². The van der Waals surface area contributed by atoms with Crippen LogP contribution in [0.2, 0.25) is 0 Å². The zero-order chi connectivity index (χ0) is 19.3. The maximum Gasteiger partial charge on any atom is 0.259 e. The van der Waals surface area contributed by atoms with Gasteiger partial charge in [-0.25, -0.2) is 5.43 Å². The average molecular weight is 367 g/mol. The summed E-state index contributed by atoms with van der Waals surface area (Å²) in [7, 11) is 0. The van der Waals surface area contributed by atoms with Crippen LogP contribution in [-0.4, -0.2) is 18.7 Å². The summed E-state index contributed by atoms with van der Waals surface area (Å²) in [6.45, 7) is 2.19. The van der Waals surface area contributed by atoms with Crippen molar-refractivity contribution in [3.05, 3.63) is 90.0 Å². The smallest absolute Gasteiger partial charge is 0.259 e. The predicted molar refractivity (Wildman–Crippen MR) is 117 cm³/mol. The van der Waals surface area contributed by atoms with Crippen molar-refractivity contribution in [2.75, 3.05) is 11.9 Å². The van der Waals surface area contributed by atoms with E-state index in [2.05, 4.69) is 46.2 Å². The molecule has 4 nitrogen and oxygen atoms in total. The Kier molecular flexibility index (Phi) is 5.02. The molecule has 0 bridgehead atoms. The van der Waals surface area contributed by atoms with Crippen LogP contribution in [0.5, 0.6) is 0 Å². The third kappa shape index (κ3) is 3.86. The Morgan fingerprint density at radius 1 is 0.893 bits per heavy atom. The lowest BCUT2D eigenvalue weighted by Gasteiger charge is -2.08. The molecule has 0 unspecified atom stereocenters. The molecule has 0 aromatic heterocycles. The van der Waals surface area contributed by atoms with Crippen molar-refractivity contribution in [1.82, 2.24) is 5.43 Å². The van der Waals surface area contributed by atoms with E-state index in [9.17, 15) is 4.79 Å². The van der Waals surface area contributed by atoms with Gasteiger partial charge < -0.3 is 5.32 Å². The highest BCUT2D eigenvalue weighted by Crippen LogP contribution is 2.27. The number of nitrogens with one attached hydrogen (secondary N) is 2. The summed E-state index contributed by atoms with van der Waals surface area (Å²) < 4.78 is 0. The number of anilines is 1. The standard InChI is InChI=1S/C24H21N3O/c1-17-10-12-20(13-11-17)25-16-24(28)27-26-15-23-21-8-4-2-6-18(21)14-19-7-3-5-9-22(19)23/h2-15,25H,16H2,1H3,(H,27,28)/b26-15-. The average Bonchev–Trinajstić information content (AvgIpc) is 2.73. The fourth-order valence-corrected chi connectivity index (χ4v) is 3.25. The second kappa shape index (κ2) is 7.92. The highest BCUT2D eigenvalue weighted by atomic mass is 16.2. The number of nitrogens with zero attached hydrogens (tertiary/aromatic N) is 1. The van der Waals surface area contributed by atoms with Crippen molar-refractivity contribution >= 4 is 39.4 Å². The second-order valence-corrected chi connectivity index (χ2v) is 6.75. The van der Waals surface area contributed by atoms with E-state index < -0.39 is 0 Å². The normalized spacial score (nSPS) is 11.2. The largest absolute Gasteiger partial charge is 0.376 e. The van der Waals surface area contributed by atoms with Crippen molar-refractivity contribution in [2.45, 2.75) is 6.92 Å². The van der Waals surface area contributed by atoms with Crippen LogP contribution >= 0.6 is 0 Å². The molecule has 1 amide bonds. The Bertz CT molecular complexity index is 1110. The molecule has 0 aliphatic rings. The molecule has 0 fully saturated rings. The zero-order valence-electron chi connectivity index (χ0n) is 15.6. The molecule has 4 aromatic rings. The Hall–Kier alpha value is -3.66. The monoisotopic (exact) mass is 367 g/mol. The lowest BCUT2D eigenvalue weighted by atomic mass is 9.97. The number of hydrogen-bond donors (Lipinski definition) is 2. The highest BCUT2D eigenvalue weighted by Gasteiger charge is 2.06. The van der Waals surface area contributed by atoms with Gasteiger partial charge in [-0.15, -0.1) is 0 Å². The van der Waals surface area contributed by atoms with Gasteiger partial charge in [-0.05, 0) is 46.7 Å².